The second-order valence-electron chi connectivity index (χ2n) is 4.10. The first-order valence-electron chi connectivity index (χ1n) is 5.95. The number of aryl methyl sites for hydroxylation is 1. The van der Waals surface area contributed by atoms with Gasteiger partial charge in [0.05, 0.1) is 5.69 Å². The van der Waals surface area contributed by atoms with Gasteiger partial charge in [-0.05, 0) is 24.6 Å². The molecule has 0 aliphatic rings. The van der Waals surface area contributed by atoms with Crippen LogP contribution in [-0.2, 0) is 13.1 Å². The lowest BCUT2D eigenvalue weighted by atomic mass is 10.2. The summed E-state index contributed by atoms with van der Waals surface area (Å²) in [6.45, 7) is 2.78. The Morgan fingerprint density at radius 2 is 2.32 bits per heavy atom. The van der Waals surface area contributed by atoms with Gasteiger partial charge in [-0.2, -0.15) is 5.10 Å². The lowest BCUT2D eigenvalue weighted by molar-refractivity contribution is 0.0946. The standard InChI is InChI=1S/C13H15FN4O/c1-2-18-8-11(15)12(17-18)13(19)16-7-9-4-3-5-10(14)6-9/h3-6,8H,2,7,15H2,1H3,(H,16,19). The number of carbonyl (C=O) groups excluding carboxylic acids is 1. The van der Waals surface area contributed by atoms with Crippen molar-refractivity contribution in [3.63, 3.8) is 0 Å². The van der Waals surface area contributed by atoms with Gasteiger partial charge in [-0.25, -0.2) is 4.39 Å². The lowest BCUT2D eigenvalue weighted by Crippen LogP contribution is -2.24. The van der Waals surface area contributed by atoms with E-state index in [1.54, 1.807) is 23.0 Å². The number of benzene rings is 1. The van der Waals surface area contributed by atoms with Gasteiger partial charge in [0.15, 0.2) is 5.69 Å². The number of anilines is 1. The van der Waals surface area contributed by atoms with Crippen molar-refractivity contribution in [2.75, 3.05) is 5.73 Å². The Balaban J connectivity index is 2.03. The molecule has 0 atom stereocenters. The molecule has 0 bridgehead atoms. The summed E-state index contributed by atoms with van der Waals surface area (Å²) in [6.07, 6.45) is 1.61. The number of nitrogens with zero attached hydrogens (tertiary/aromatic N) is 2. The first-order valence-corrected chi connectivity index (χ1v) is 5.95. The van der Waals surface area contributed by atoms with E-state index in [1.165, 1.54) is 12.1 Å². The molecule has 100 valence electrons. The average Bonchev–Trinajstić information content (AvgIpc) is 2.77. The highest BCUT2D eigenvalue weighted by Crippen LogP contribution is 2.09. The predicted octanol–water partition coefficient (Wildman–Crippen LogP) is 1.55. The molecular weight excluding hydrogens is 247 g/mol. The van der Waals surface area contributed by atoms with Gasteiger partial charge < -0.3 is 11.1 Å². The Morgan fingerprint density at radius 1 is 1.53 bits per heavy atom. The second kappa shape index (κ2) is 5.51. The molecule has 0 saturated carbocycles. The molecule has 0 unspecified atom stereocenters. The van der Waals surface area contributed by atoms with Crippen LogP contribution >= 0.6 is 0 Å². The quantitative estimate of drug-likeness (QED) is 0.878. The summed E-state index contributed by atoms with van der Waals surface area (Å²) in [4.78, 5) is 11.9. The lowest BCUT2D eigenvalue weighted by Gasteiger charge is -2.04. The van der Waals surface area contributed by atoms with E-state index in [4.69, 9.17) is 5.73 Å². The van der Waals surface area contributed by atoms with Crippen molar-refractivity contribution in [1.82, 2.24) is 15.1 Å². The Bertz CT molecular complexity index is 594. The molecule has 1 heterocycles. The second-order valence-corrected chi connectivity index (χ2v) is 4.10. The van der Waals surface area contributed by atoms with Crippen molar-refractivity contribution in [2.45, 2.75) is 20.0 Å². The van der Waals surface area contributed by atoms with E-state index in [-0.39, 0.29) is 24.0 Å². The number of nitrogen functional groups attached to an aromatic ring is 1. The summed E-state index contributed by atoms with van der Waals surface area (Å²) in [6, 6.07) is 6.05. The van der Waals surface area contributed by atoms with Crippen LogP contribution in [-0.4, -0.2) is 15.7 Å². The normalized spacial score (nSPS) is 10.4. The van der Waals surface area contributed by atoms with Crippen LogP contribution in [0.25, 0.3) is 0 Å². The number of nitrogens with two attached hydrogens (primary N) is 1. The van der Waals surface area contributed by atoms with Crippen molar-refractivity contribution < 1.29 is 9.18 Å². The maximum atomic E-state index is 13.0. The summed E-state index contributed by atoms with van der Waals surface area (Å²) in [7, 11) is 0. The fourth-order valence-electron chi connectivity index (χ4n) is 1.69. The Kier molecular flexibility index (Phi) is 3.79. The van der Waals surface area contributed by atoms with Gasteiger partial charge >= 0.3 is 0 Å². The Labute approximate surface area is 110 Å². The fraction of sp³-hybridized carbons (Fsp3) is 0.231. The zero-order chi connectivity index (χ0) is 13.8. The molecule has 0 aliphatic heterocycles. The maximum absolute atomic E-state index is 13.0. The molecule has 0 fully saturated rings. The SMILES string of the molecule is CCn1cc(N)c(C(=O)NCc2cccc(F)c2)n1. The monoisotopic (exact) mass is 262 g/mol. The topological polar surface area (TPSA) is 72.9 Å². The number of aromatic nitrogens is 2. The smallest absolute Gasteiger partial charge is 0.274 e. The van der Waals surface area contributed by atoms with E-state index in [1.807, 2.05) is 6.92 Å². The van der Waals surface area contributed by atoms with E-state index in [0.29, 0.717) is 17.8 Å². The largest absolute Gasteiger partial charge is 0.396 e. The van der Waals surface area contributed by atoms with Crippen LogP contribution in [0, 0.1) is 5.82 Å². The maximum Gasteiger partial charge on any atom is 0.274 e. The Hall–Kier alpha value is -2.37. The first-order chi connectivity index (χ1) is 9.10. The van der Waals surface area contributed by atoms with Crippen LogP contribution in [0.4, 0.5) is 10.1 Å². The molecule has 1 aromatic heterocycles. The van der Waals surface area contributed by atoms with E-state index in [0.717, 1.165) is 0 Å². The van der Waals surface area contributed by atoms with E-state index in [9.17, 15) is 9.18 Å². The summed E-state index contributed by atoms with van der Waals surface area (Å²) < 4.78 is 14.6. The average molecular weight is 262 g/mol. The number of hydrogen-bond acceptors (Lipinski definition) is 3. The molecule has 1 aromatic carbocycles. The Morgan fingerprint density at radius 3 is 2.95 bits per heavy atom. The van der Waals surface area contributed by atoms with Crippen molar-refractivity contribution >= 4 is 11.6 Å². The predicted molar refractivity (Wildman–Crippen MR) is 69.9 cm³/mol. The number of hydrogen-bond donors (Lipinski definition) is 2. The molecule has 3 N–H and O–H groups in total. The highest BCUT2D eigenvalue weighted by molar-refractivity contribution is 5.96. The highest BCUT2D eigenvalue weighted by atomic mass is 19.1. The molecule has 1 amide bonds. The van der Waals surface area contributed by atoms with Gasteiger partial charge in [0.25, 0.3) is 5.91 Å². The van der Waals surface area contributed by atoms with Gasteiger partial charge in [-0.1, -0.05) is 12.1 Å². The van der Waals surface area contributed by atoms with Crippen LogP contribution in [0.2, 0.25) is 0 Å². The summed E-state index contributed by atoms with van der Waals surface area (Å²) in [5, 5.41) is 6.72. The number of amides is 1. The number of carbonyl (C=O) groups is 1. The van der Waals surface area contributed by atoms with Gasteiger partial charge in [0.2, 0.25) is 0 Å². The molecular formula is C13H15FN4O. The molecule has 5 nitrogen and oxygen atoms in total. The minimum atomic E-state index is -0.367. The van der Waals surface area contributed by atoms with Crippen molar-refractivity contribution in [3.05, 3.63) is 47.5 Å². The molecule has 2 rings (SSSR count). The summed E-state index contributed by atoms with van der Waals surface area (Å²) in [5.41, 5.74) is 6.91. The van der Waals surface area contributed by atoms with Crippen molar-refractivity contribution in [3.8, 4) is 0 Å². The summed E-state index contributed by atoms with van der Waals surface area (Å²) >= 11 is 0. The number of rotatable bonds is 4. The first kappa shape index (κ1) is 13.1. The molecule has 0 aliphatic carbocycles. The van der Waals surface area contributed by atoms with E-state index in [2.05, 4.69) is 10.4 Å². The van der Waals surface area contributed by atoms with E-state index < -0.39 is 0 Å². The minimum absolute atomic E-state index is 0.193. The number of nitrogens with one attached hydrogen (secondary N) is 1. The molecule has 19 heavy (non-hydrogen) atoms. The van der Waals surface area contributed by atoms with Crippen LogP contribution in [0.3, 0.4) is 0 Å². The highest BCUT2D eigenvalue weighted by Gasteiger charge is 2.14. The molecule has 2 aromatic rings. The third-order valence-corrected chi connectivity index (χ3v) is 2.67. The van der Waals surface area contributed by atoms with Gasteiger partial charge in [0.1, 0.15) is 5.82 Å². The van der Waals surface area contributed by atoms with Crippen LogP contribution in [0.15, 0.2) is 30.5 Å². The van der Waals surface area contributed by atoms with Crippen molar-refractivity contribution in [2.24, 2.45) is 0 Å². The zero-order valence-electron chi connectivity index (χ0n) is 10.6. The fourth-order valence-corrected chi connectivity index (χ4v) is 1.69. The number of halogens is 1. The molecule has 0 saturated heterocycles. The van der Waals surface area contributed by atoms with Crippen LogP contribution in [0.1, 0.15) is 23.0 Å². The van der Waals surface area contributed by atoms with Gasteiger partial charge in [0, 0.05) is 19.3 Å². The molecule has 0 spiro atoms. The van der Waals surface area contributed by atoms with Gasteiger partial charge in [-0.3, -0.25) is 9.48 Å². The van der Waals surface area contributed by atoms with E-state index >= 15 is 0 Å². The summed E-state index contributed by atoms with van der Waals surface area (Å²) in [5.74, 6) is -0.699. The zero-order valence-corrected chi connectivity index (χ0v) is 10.6. The van der Waals surface area contributed by atoms with Crippen LogP contribution < -0.4 is 11.1 Å². The molecule has 0 radical (unpaired) electrons. The van der Waals surface area contributed by atoms with Crippen molar-refractivity contribution in [1.29, 1.82) is 0 Å². The van der Waals surface area contributed by atoms with Gasteiger partial charge in [-0.15, -0.1) is 0 Å². The third kappa shape index (κ3) is 3.09. The van der Waals surface area contributed by atoms with Crippen LogP contribution in [0.5, 0.6) is 0 Å². The minimum Gasteiger partial charge on any atom is -0.396 e. The molecule has 6 heteroatoms. The third-order valence-electron chi connectivity index (χ3n) is 2.67.